The smallest absolute Gasteiger partial charge is 0.151 e. The van der Waals surface area contributed by atoms with E-state index in [0.717, 1.165) is 20.8 Å². The number of hydrogen-bond donors (Lipinski definition) is 1. The number of hydrogen-bond acceptors (Lipinski definition) is 3. The first-order valence-corrected chi connectivity index (χ1v) is 5.24. The Morgan fingerprint density at radius 1 is 1.46 bits per heavy atom. The lowest BCUT2D eigenvalue weighted by atomic mass is 10.2. The van der Waals surface area contributed by atoms with E-state index < -0.39 is 0 Å². The van der Waals surface area contributed by atoms with E-state index in [9.17, 15) is 9.90 Å². The highest BCUT2D eigenvalue weighted by molar-refractivity contribution is 9.10. The second-order valence-corrected chi connectivity index (χ2v) is 4.38. The Morgan fingerprint density at radius 3 is 2.92 bits per heavy atom. The molecule has 2 rings (SSSR count). The van der Waals surface area contributed by atoms with Crippen LogP contribution in [0.1, 0.15) is 10.4 Å². The molecule has 0 saturated heterocycles. The minimum atomic E-state index is 0.207. The van der Waals surface area contributed by atoms with Gasteiger partial charge in [-0.3, -0.25) is 4.79 Å². The van der Waals surface area contributed by atoms with Crippen molar-refractivity contribution in [2.45, 2.75) is 0 Å². The predicted molar refractivity (Wildman–Crippen MR) is 56.6 cm³/mol. The highest BCUT2D eigenvalue weighted by atomic mass is 79.9. The summed E-state index contributed by atoms with van der Waals surface area (Å²) in [6, 6.07) is 3.24. The highest BCUT2D eigenvalue weighted by Gasteiger charge is 2.07. The van der Waals surface area contributed by atoms with Gasteiger partial charge in [0.25, 0.3) is 0 Å². The molecule has 2 nitrogen and oxygen atoms in total. The third-order valence-corrected chi connectivity index (χ3v) is 3.34. The number of carbonyl (C=O) groups excluding carboxylic acids is 1. The Morgan fingerprint density at radius 2 is 2.23 bits per heavy atom. The van der Waals surface area contributed by atoms with Gasteiger partial charge in [-0.1, -0.05) is 0 Å². The molecule has 0 fully saturated rings. The summed E-state index contributed by atoms with van der Waals surface area (Å²) in [5.74, 6) is 0.207. The Bertz CT molecular complexity index is 476. The van der Waals surface area contributed by atoms with Gasteiger partial charge in [-0.05, 0) is 28.1 Å². The molecule has 4 heteroatoms. The average Bonchev–Trinajstić information content (AvgIpc) is 2.47. The summed E-state index contributed by atoms with van der Waals surface area (Å²) in [5.41, 5.74) is 0.659. The molecule has 1 aromatic carbocycles. The van der Waals surface area contributed by atoms with Gasteiger partial charge in [-0.2, -0.15) is 0 Å². The quantitative estimate of drug-likeness (QED) is 0.796. The zero-order valence-electron chi connectivity index (χ0n) is 6.45. The molecule has 0 spiro atoms. The van der Waals surface area contributed by atoms with E-state index in [1.165, 1.54) is 11.3 Å². The molecule has 0 radical (unpaired) electrons. The molecule has 0 aliphatic carbocycles. The van der Waals surface area contributed by atoms with Gasteiger partial charge in [-0.15, -0.1) is 11.3 Å². The van der Waals surface area contributed by atoms with Crippen LogP contribution in [0, 0.1) is 0 Å². The zero-order valence-corrected chi connectivity index (χ0v) is 8.85. The molecule has 0 saturated carbocycles. The molecule has 0 amide bonds. The maximum Gasteiger partial charge on any atom is 0.151 e. The number of carbonyl (C=O) groups is 1. The molecule has 0 aliphatic heterocycles. The number of rotatable bonds is 1. The summed E-state index contributed by atoms with van der Waals surface area (Å²) >= 11 is 4.75. The molecule has 66 valence electrons. The summed E-state index contributed by atoms with van der Waals surface area (Å²) < 4.78 is 1.67. The molecule has 2 aromatic rings. The van der Waals surface area contributed by atoms with E-state index in [2.05, 4.69) is 15.9 Å². The van der Waals surface area contributed by atoms with E-state index in [1.807, 2.05) is 0 Å². The van der Waals surface area contributed by atoms with Crippen LogP contribution in [0.2, 0.25) is 0 Å². The van der Waals surface area contributed by atoms with Crippen LogP contribution >= 0.6 is 27.3 Å². The first-order valence-electron chi connectivity index (χ1n) is 3.57. The standard InChI is InChI=1S/C9H5BrO2S/c10-7-1-6(12)2-8-9(7)5(3-11)4-13-8/h1-4,12H. The number of aromatic hydroxyl groups is 1. The maximum atomic E-state index is 10.6. The number of thiophene rings is 1. The molecule has 1 heterocycles. The third-order valence-electron chi connectivity index (χ3n) is 1.77. The van der Waals surface area contributed by atoms with Crippen LogP contribution in [0.4, 0.5) is 0 Å². The minimum Gasteiger partial charge on any atom is -0.508 e. The average molecular weight is 257 g/mol. The van der Waals surface area contributed by atoms with Gasteiger partial charge in [0.1, 0.15) is 5.75 Å². The van der Waals surface area contributed by atoms with Gasteiger partial charge in [0.2, 0.25) is 0 Å². The van der Waals surface area contributed by atoms with Crippen LogP contribution in [0.15, 0.2) is 22.0 Å². The first kappa shape index (κ1) is 8.72. The lowest BCUT2D eigenvalue weighted by Crippen LogP contribution is -1.76. The molecule has 13 heavy (non-hydrogen) atoms. The summed E-state index contributed by atoms with van der Waals surface area (Å²) in [4.78, 5) is 10.6. The number of aldehydes is 1. The number of fused-ring (bicyclic) bond motifs is 1. The first-order chi connectivity index (χ1) is 6.22. The fourth-order valence-electron chi connectivity index (χ4n) is 1.21. The van der Waals surface area contributed by atoms with Crippen LogP contribution in [0.25, 0.3) is 10.1 Å². The van der Waals surface area contributed by atoms with E-state index in [1.54, 1.807) is 17.5 Å². The van der Waals surface area contributed by atoms with Crippen molar-refractivity contribution in [1.82, 2.24) is 0 Å². The Kier molecular flexibility index (Phi) is 2.09. The molecule has 1 N–H and O–H groups in total. The fraction of sp³-hybridized carbons (Fsp3) is 0. The molecule has 0 atom stereocenters. The van der Waals surface area contributed by atoms with Crippen LogP contribution in [-0.2, 0) is 0 Å². The topological polar surface area (TPSA) is 37.3 Å². The predicted octanol–water partition coefficient (Wildman–Crippen LogP) is 3.18. The fourth-order valence-corrected chi connectivity index (χ4v) is 2.98. The summed E-state index contributed by atoms with van der Waals surface area (Å²) in [6.45, 7) is 0. The van der Waals surface area contributed by atoms with Crippen molar-refractivity contribution in [2.75, 3.05) is 0 Å². The lowest BCUT2D eigenvalue weighted by Gasteiger charge is -1.96. The van der Waals surface area contributed by atoms with E-state index in [-0.39, 0.29) is 5.75 Å². The summed E-state index contributed by atoms with van der Waals surface area (Å²) in [7, 11) is 0. The largest absolute Gasteiger partial charge is 0.508 e. The SMILES string of the molecule is O=Cc1csc2cc(O)cc(Br)c12. The number of phenolic OH excluding ortho intramolecular Hbond substituents is 1. The zero-order chi connectivity index (χ0) is 9.42. The summed E-state index contributed by atoms with van der Waals surface area (Å²) in [6.07, 6.45) is 0.820. The van der Waals surface area contributed by atoms with Crippen molar-refractivity contribution in [1.29, 1.82) is 0 Å². The van der Waals surface area contributed by atoms with Crippen LogP contribution in [0.5, 0.6) is 5.75 Å². The van der Waals surface area contributed by atoms with E-state index >= 15 is 0 Å². The van der Waals surface area contributed by atoms with E-state index in [0.29, 0.717) is 5.56 Å². The van der Waals surface area contributed by atoms with E-state index in [4.69, 9.17) is 0 Å². The highest BCUT2D eigenvalue weighted by Crippen LogP contribution is 2.34. The maximum absolute atomic E-state index is 10.6. The normalized spacial score (nSPS) is 10.5. The second kappa shape index (κ2) is 3.12. The molecule has 1 aromatic heterocycles. The second-order valence-electron chi connectivity index (χ2n) is 2.61. The van der Waals surface area contributed by atoms with Crippen molar-refractivity contribution in [3.05, 3.63) is 27.5 Å². The van der Waals surface area contributed by atoms with Crippen molar-refractivity contribution in [3.8, 4) is 5.75 Å². The molecule has 0 bridgehead atoms. The summed E-state index contributed by atoms with van der Waals surface area (Å²) in [5, 5.41) is 11.9. The van der Waals surface area contributed by atoms with Gasteiger partial charge in [0.05, 0.1) is 0 Å². The Balaban J connectivity index is 2.89. The van der Waals surface area contributed by atoms with Crippen LogP contribution in [-0.4, -0.2) is 11.4 Å². The molecule has 0 aliphatic rings. The number of benzene rings is 1. The Hall–Kier alpha value is -0.870. The van der Waals surface area contributed by atoms with Crippen molar-refractivity contribution < 1.29 is 9.90 Å². The van der Waals surface area contributed by atoms with Crippen molar-refractivity contribution in [3.63, 3.8) is 0 Å². The van der Waals surface area contributed by atoms with Gasteiger partial charge in [0.15, 0.2) is 6.29 Å². The van der Waals surface area contributed by atoms with Gasteiger partial charge >= 0.3 is 0 Å². The van der Waals surface area contributed by atoms with Gasteiger partial charge < -0.3 is 5.11 Å². The lowest BCUT2D eigenvalue weighted by molar-refractivity contribution is 0.112. The van der Waals surface area contributed by atoms with Crippen molar-refractivity contribution >= 4 is 43.6 Å². The van der Waals surface area contributed by atoms with Crippen LogP contribution in [0.3, 0.4) is 0 Å². The monoisotopic (exact) mass is 256 g/mol. The molecular formula is C9H5BrO2S. The number of halogens is 1. The van der Waals surface area contributed by atoms with Gasteiger partial charge in [-0.25, -0.2) is 0 Å². The Labute approximate surface area is 86.9 Å². The number of phenols is 1. The van der Waals surface area contributed by atoms with Crippen LogP contribution < -0.4 is 0 Å². The molecule has 0 unspecified atom stereocenters. The van der Waals surface area contributed by atoms with Gasteiger partial charge in [0, 0.05) is 25.5 Å². The van der Waals surface area contributed by atoms with Crippen molar-refractivity contribution in [2.24, 2.45) is 0 Å². The minimum absolute atomic E-state index is 0.207. The molecular weight excluding hydrogens is 252 g/mol. The third kappa shape index (κ3) is 1.36.